The predicted molar refractivity (Wildman–Crippen MR) is 186 cm³/mol. The van der Waals surface area contributed by atoms with Gasteiger partial charge in [0.2, 0.25) is 0 Å². The van der Waals surface area contributed by atoms with Gasteiger partial charge in [0.15, 0.2) is 5.82 Å². The molecule has 9 rings (SSSR count). The second kappa shape index (κ2) is 10.3. The van der Waals surface area contributed by atoms with Crippen molar-refractivity contribution in [3.05, 3.63) is 158 Å². The van der Waals surface area contributed by atoms with Crippen LogP contribution in [0, 0.1) is 0 Å². The van der Waals surface area contributed by atoms with Gasteiger partial charge in [-0.15, -0.1) is 0 Å². The van der Waals surface area contributed by atoms with E-state index in [2.05, 4.69) is 121 Å². The molecular weight excluding hydrogens is 548 g/mol. The standard InChI is InChI=1S/C42H26N2O/c1-3-12-28(13-4-1)36-26-37(44-42(43-36)30-14-5-2-6-15-30)32-17-9-16-31(25-32)34-19-10-20-35-40-38(45-41(34)35)24-23-29-22-21-27-11-7-8-18-33(27)39(29)40/h1-26H. The number of hydrogen-bond donors (Lipinski definition) is 0. The van der Waals surface area contributed by atoms with Gasteiger partial charge >= 0.3 is 0 Å². The van der Waals surface area contributed by atoms with E-state index in [0.717, 1.165) is 61.1 Å². The van der Waals surface area contributed by atoms with Crippen molar-refractivity contribution in [3.8, 4) is 45.0 Å². The van der Waals surface area contributed by atoms with Gasteiger partial charge in [0.1, 0.15) is 11.2 Å². The van der Waals surface area contributed by atoms with E-state index < -0.39 is 0 Å². The van der Waals surface area contributed by atoms with E-state index in [4.69, 9.17) is 14.4 Å². The molecule has 0 bridgehead atoms. The lowest BCUT2D eigenvalue weighted by atomic mass is 9.95. The van der Waals surface area contributed by atoms with Crippen LogP contribution in [0.5, 0.6) is 0 Å². The fourth-order valence-electron chi connectivity index (χ4n) is 6.53. The highest BCUT2D eigenvalue weighted by Gasteiger charge is 2.17. The SMILES string of the molecule is c1ccc(-c2cc(-c3cccc(-c4cccc5c4oc4ccc6ccc7ccccc7c6c45)c3)nc(-c3ccccc3)n2)cc1. The lowest BCUT2D eigenvalue weighted by Gasteiger charge is -2.11. The Morgan fingerprint density at radius 1 is 0.400 bits per heavy atom. The minimum absolute atomic E-state index is 0.704. The summed E-state index contributed by atoms with van der Waals surface area (Å²) in [5, 5.41) is 7.19. The van der Waals surface area contributed by atoms with Gasteiger partial charge in [-0.3, -0.25) is 0 Å². The van der Waals surface area contributed by atoms with Gasteiger partial charge < -0.3 is 4.42 Å². The summed E-state index contributed by atoms with van der Waals surface area (Å²) in [6.45, 7) is 0. The number of furan rings is 1. The Kier molecular flexibility index (Phi) is 5.82. The van der Waals surface area contributed by atoms with E-state index in [9.17, 15) is 0 Å². The van der Waals surface area contributed by atoms with E-state index in [1.165, 1.54) is 21.5 Å². The van der Waals surface area contributed by atoms with Crippen molar-refractivity contribution in [1.29, 1.82) is 0 Å². The summed E-state index contributed by atoms with van der Waals surface area (Å²) in [4.78, 5) is 10.0. The molecule has 0 amide bonds. The molecule has 0 radical (unpaired) electrons. The Bertz CT molecular complexity index is 2470. The molecule has 3 heteroatoms. The van der Waals surface area contributed by atoms with Crippen LogP contribution in [0.25, 0.3) is 88.5 Å². The summed E-state index contributed by atoms with van der Waals surface area (Å²) in [6.07, 6.45) is 0. The Labute approximate surface area is 260 Å². The molecule has 0 unspecified atom stereocenters. The lowest BCUT2D eigenvalue weighted by Crippen LogP contribution is -1.96. The Balaban J connectivity index is 1.24. The first-order chi connectivity index (χ1) is 22.3. The van der Waals surface area contributed by atoms with E-state index in [1.807, 2.05) is 36.4 Å². The molecule has 0 aliphatic heterocycles. The molecule has 2 aromatic heterocycles. The molecule has 45 heavy (non-hydrogen) atoms. The van der Waals surface area contributed by atoms with Crippen molar-refractivity contribution >= 4 is 43.5 Å². The van der Waals surface area contributed by atoms with Gasteiger partial charge in [0.25, 0.3) is 0 Å². The zero-order valence-electron chi connectivity index (χ0n) is 24.3. The van der Waals surface area contributed by atoms with E-state index >= 15 is 0 Å². The highest BCUT2D eigenvalue weighted by atomic mass is 16.3. The third-order valence-electron chi connectivity index (χ3n) is 8.67. The van der Waals surface area contributed by atoms with E-state index in [0.29, 0.717) is 5.82 Å². The molecule has 2 heterocycles. The largest absolute Gasteiger partial charge is 0.455 e. The van der Waals surface area contributed by atoms with Crippen LogP contribution in [0.3, 0.4) is 0 Å². The highest BCUT2D eigenvalue weighted by Crippen LogP contribution is 2.42. The minimum Gasteiger partial charge on any atom is -0.455 e. The summed E-state index contributed by atoms with van der Waals surface area (Å²) in [6, 6.07) is 54.8. The van der Waals surface area contributed by atoms with E-state index in [-0.39, 0.29) is 0 Å². The molecule has 7 aromatic carbocycles. The molecule has 9 aromatic rings. The number of benzene rings is 7. The van der Waals surface area contributed by atoms with Crippen LogP contribution in [-0.2, 0) is 0 Å². The monoisotopic (exact) mass is 574 g/mol. The Morgan fingerprint density at radius 3 is 1.87 bits per heavy atom. The van der Waals surface area contributed by atoms with Crippen LogP contribution in [0.4, 0.5) is 0 Å². The number of nitrogens with zero attached hydrogens (tertiary/aromatic N) is 2. The van der Waals surface area contributed by atoms with Gasteiger partial charge in [-0.2, -0.15) is 0 Å². The quantitative estimate of drug-likeness (QED) is 0.196. The molecule has 3 nitrogen and oxygen atoms in total. The average molecular weight is 575 g/mol. The van der Waals surface area contributed by atoms with Gasteiger partial charge in [-0.25, -0.2) is 9.97 Å². The Hall–Kier alpha value is -6.06. The number of para-hydroxylation sites is 1. The van der Waals surface area contributed by atoms with Crippen molar-refractivity contribution < 1.29 is 4.42 Å². The fourth-order valence-corrected chi connectivity index (χ4v) is 6.53. The zero-order chi connectivity index (χ0) is 29.7. The maximum Gasteiger partial charge on any atom is 0.160 e. The number of aromatic nitrogens is 2. The second-order valence-electron chi connectivity index (χ2n) is 11.4. The predicted octanol–water partition coefficient (Wildman–Crippen LogP) is 11.4. The summed E-state index contributed by atoms with van der Waals surface area (Å²) >= 11 is 0. The molecule has 0 aliphatic rings. The molecule has 0 spiro atoms. The summed E-state index contributed by atoms with van der Waals surface area (Å²) in [5.41, 5.74) is 8.75. The molecule has 0 saturated heterocycles. The number of rotatable bonds is 4. The van der Waals surface area contributed by atoms with Gasteiger partial charge in [-0.1, -0.05) is 140 Å². The van der Waals surface area contributed by atoms with Gasteiger partial charge in [0.05, 0.1) is 11.4 Å². The molecular formula is C42H26N2O. The Morgan fingerprint density at radius 2 is 1.02 bits per heavy atom. The lowest BCUT2D eigenvalue weighted by molar-refractivity contribution is 0.670. The van der Waals surface area contributed by atoms with Crippen molar-refractivity contribution in [1.82, 2.24) is 9.97 Å². The third kappa shape index (κ3) is 4.29. The topological polar surface area (TPSA) is 38.9 Å². The molecule has 210 valence electrons. The van der Waals surface area contributed by atoms with Crippen LogP contribution in [0.2, 0.25) is 0 Å². The summed E-state index contributed by atoms with van der Waals surface area (Å²) < 4.78 is 6.67. The van der Waals surface area contributed by atoms with Crippen LogP contribution in [0.15, 0.2) is 162 Å². The molecule has 0 N–H and O–H groups in total. The minimum atomic E-state index is 0.704. The smallest absolute Gasteiger partial charge is 0.160 e. The first-order valence-electron chi connectivity index (χ1n) is 15.2. The summed E-state index contributed by atoms with van der Waals surface area (Å²) in [7, 11) is 0. The normalized spacial score (nSPS) is 11.6. The van der Waals surface area contributed by atoms with E-state index in [1.54, 1.807) is 0 Å². The second-order valence-corrected chi connectivity index (χ2v) is 11.4. The van der Waals surface area contributed by atoms with Gasteiger partial charge in [-0.05, 0) is 39.9 Å². The molecule has 0 aliphatic carbocycles. The first kappa shape index (κ1) is 25.4. The van der Waals surface area contributed by atoms with Crippen molar-refractivity contribution in [3.63, 3.8) is 0 Å². The summed E-state index contributed by atoms with van der Waals surface area (Å²) in [5.74, 6) is 0.704. The first-order valence-corrected chi connectivity index (χ1v) is 15.2. The molecule has 0 saturated carbocycles. The highest BCUT2D eigenvalue weighted by molar-refractivity contribution is 6.27. The maximum absolute atomic E-state index is 6.67. The van der Waals surface area contributed by atoms with Crippen molar-refractivity contribution in [2.45, 2.75) is 0 Å². The number of hydrogen-bond acceptors (Lipinski definition) is 3. The van der Waals surface area contributed by atoms with Crippen LogP contribution >= 0.6 is 0 Å². The van der Waals surface area contributed by atoms with Crippen LogP contribution in [0.1, 0.15) is 0 Å². The van der Waals surface area contributed by atoms with Gasteiger partial charge in [0, 0.05) is 38.4 Å². The molecule has 0 atom stereocenters. The van der Waals surface area contributed by atoms with Crippen LogP contribution in [-0.4, -0.2) is 9.97 Å². The third-order valence-corrected chi connectivity index (χ3v) is 8.67. The van der Waals surface area contributed by atoms with Crippen LogP contribution < -0.4 is 0 Å². The zero-order valence-corrected chi connectivity index (χ0v) is 24.3. The fraction of sp³-hybridized carbons (Fsp3) is 0. The average Bonchev–Trinajstić information content (AvgIpc) is 3.51. The maximum atomic E-state index is 6.67. The number of fused-ring (bicyclic) bond motifs is 7. The van der Waals surface area contributed by atoms with Crippen molar-refractivity contribution in [2.75, 3.05) is 0 Å². The van der Waals surface area contributed by atoms with Crippen molar-refractivity contribution in [2.24, 2.45) is 0 Å². The molecule has 0 fully saturated rings.